The molecular weight excluding hydrogens is 959 g/mol. The number of carbonyl (C=O) groups is 1. The summed E-state index contributed by atoms with van der Waals surface area (Å²) in [4.78, 5) is 39.0. The number of nitrogens with zero attached hydrogens (tertiary/aromatic N) is 4. The van der Waals surface area contributed by atoms with Crippen LogP contribution in [-0.2, 0) is 14.8 Å². The van der Waals surface area contributed by atoms with Crippen molar-refractivity contribution >= 4 is 44.0 Å². The summed E-state index contributed by atoms with van der Waals surface area (Å²) in [6.07, 6.45) is 14.5. The van der Waals surface area contributed by atoms with Gasteiger partial charge in [0.15, 0.2) is 17.2 Å². The summed E-state index contributed by atoms with van der Waals surface area (Å²) in [6.45, 7) is 13.7. The lowest BCUT2D eigenvalue weighted by atomic mass is 9.59. The highest BCUT2D eigenvalue weighted by Gasteiger charge is 2.50. The first-order valence-electron chi connectivity index (χ1n) is 27.0. The fourth-order valence-corrected chi connectivity index (χ4v) is 13.9. The third-order valence-corrected chi connectivity index (χ3v) is 18.7. The molecule has 3 aromatic carbocycles. The predicted octanol–water partition coefficient (Wildman–Crippen LogP) is 11.3. The predicted molar refractivity (Wildman–Crippen MR) is 284 cm³/mol. The van der Waals surface area contributed by atoms with E-state index in [-0.39, 0.29) is 69.7 Å². The van der Waals surface area contributed by atoms with E-state index in [1.165, 1.54) is 42.9 Å². The fourth-order valence-electron chi connectivity index (χ4n) is 12.9. The molecule has 6 aliphatic rings. The van der Waals surface area contributed by atoms with Crippen molar-refractivity contribution in [2.45, 2.75) is 134 Å². The minimum atomic E-state index is -4.69. The summed E-state index contributed by atoms with van der Waals surface area (Å²) in [5.41, 5.74) is 4.52. The second-order valence-corrected chi connectivity index (χ2v) is 24.9. The number of nitro groups is 1. The maximum atomic E-state index is 14.5. The number of pyridine rings is 1. The summed E-state index contributed by atoms with van der Waals surface area (Å²) in [7, 11) is -4.69. The third-order valence-electron chi connectivity index (χ3n) is 17.4. The standard InChI is InChI=1S/C57H71N7O9S/c1-36(2)43-10-5-6-11-44(43)47-12-7-23-63(47)41-31-57(32-41)20-24-62(25-21-57)40-13-14-45(49(28-40)73-51-27-39-17-22-58-53(39)60-55(51)72-34-37-9-8-26-70-33-37)54(65)61-74(68,69)42-29-48(64(66)67)52-50(30-42)71-35-46(59-52)38-15-18-56(3,4)19-16-38/h5-6,10-11,13-14,17,22,27-30,36-38,41,46-47,59H,7-9,12,15-16,18-21,23-26,31-35H2,1-4H3,(H,58,60)(H,61,65)/t37-,46+,47-/m0/s1. The number of aromatic nitrogens is 2. The quantitative estimate of drug-likeness (QED) is 0.0704. The molecule has 5 aromatic rings. The van der Waals surface area contributed by atoms with Crippen LogP contribution < -0.4 is 29.1 Å². The largest absolute Gasteiger partial charge is 0.489 e. The number of hydrogen-bond donors (Lipinski definition) is 3. The molecule has 0 radical (unpaired) electrons. The number of nitrogens with one attached hydrogen (secondary N) is 3. The topological polar surface area (TPSA) is 190 Å². The lowest BCUT2D eigenvalue weighted by molar-refractivity contribution is -0.384. The molecule has 17 heteroatoms. The van der Waals surface area contributed by atoms with Gasteiger partial charge in [-0.15, -0.1) is 0 Å². The fraction of sp³-hybridized carbons (Fsp3) is 0.544. The number of aromatic amines is 1. The van der Waals surface area contributed by atoms with E-state index < -0.39 is 31.4 Å². The Bertz CT molecular complexity index is 3000. The van der Waals surface area contributed by atoms with Gasteiger partial charge >= 0.3 is 0 Å². The van der Waals surface area contributed by atoms with Crippen LogP contribution in [0.3, 0.4) is 0 Å². The number of H-pyrrole nitrogens is 1. The molecule has 3 saturated heterocycles. The number of likely N-dealkylation sites (tertiary alicyclic amines) is 1. The van der Waals surface area contributed by atoms with Crippen molar-refractivity contribution in [2.24, 2.45) is 22.7 Å². The van der Waals surface area contributed by atoms with Gasteiger partial charge in [-0.1, -0.05) is 52.0 Å². The van der Waals surface area contributed by atoms with Gasteiger partial charge in [0.1, 0.15) is 18.0 Å². The van der Waals surface area contributed by atoms with E-state index in [4.69, 9.17) is 23.9 Å². The summed E-state index contributed by atoms with van der Waals surface area (Å²) in [5.74, 6) is 0.533. The van der Waals surface area contributed by atoms with Gasteiger partial charge in [-0.2, -0.15) is 4.98 Å². The van der Waals surface area contributed by atoms with Crippen LogP contribution in [0.5, 0.6) is 23.1 Å². The van der Waals surface area contributed by atoms with Crippen LogP contribution in [0.2, 0.25) is 0 Å². The average molecular weight is 1030 g/mol. The molecule has 1 spiro atoms. The number of rotatable bonds is 14. The molecule has 74 heavy (non-hydrogen) atoms. The van der Waals surface area contributed by atoms with Crippen LogP contribution in [0, 0.1) is 32.8 Å². The summed E-state index contributed by atoms with van der Waals surface area (Å²) < 4.78 is 55.6. The number of nitro benzene ring substituents is 1. The number of benzene rings is 3. The first-order chi connectivity index (χ1) is 35.6. The lowest BCUT2D eigenvalue weighted by Gasteiger charge is -2.56. The molecule has 3 N–H and O–H groups in total. The first kappa shape index (κ1) is 50.3. The zero-order chi connectivity index (χ0) is 51.4. The Morgan fingerprint density at radius 1 is 0.946 bits per heavy atom. The molecule has 16 nitrogen and oxygen atoms in total. The Kier molecular flexibility index (Phi) is 13.8. The van der Waals surface area contributed by atoms with E-state index in [2.05, 4.69) is 76.8 Å². The summed E-state index contributed by atoms with van der Waals surface area (Å²) in [5, 5.41) is 16.7. The van der Waals surface area contributed by atoms with E-state index in [1.54, 1.807) is 24.4 Å². The van der Waals surface area contributed by atoms with Crippen LogP contribution in [0.1, 0.15) is 138 Å². The second kappa shape index (κ2) is 20.3. The number of carbonyl (C=O) groups excluding carboxylic acids is 1. The van der Waals surface area contributed by atoms with Crippen molar-refractivity contribution < 1.29 is 37.1 Å². The van der Waals surface area contributed by atoms with Crippen LogP contribution in [0.15, 0.2) is 77.8 Å². The van der Waals surface area contributed by atoms with Crippen LogP contribution in [0.4, 0.5) is 17.1 Å². The van der Waals surface area contributed by atoms with Crippen molar-refractivity contribution in [1.29, 1.82) is 0 Å². The minimum Gasteiger partial charge on any atom is -0.489 e. The Morgan fingerprint density at radius 2 is 1.74 bits per heavy atom. The van der Waals surface area contributed by atoms with Gasteiger partial charge in [0.25, 0.3) is 27.5 Å². The molecule has 0 unspecified atom stereocenters. The minimum absolute atomic E-state index is 0.0427. The van der Waals surface area contributed by atoms with Gasteiger partial charge in [0.2, 0.25) is 0 Å². The van der Waals surface area contributed by atoms with E-state index in [0.717, 1.165) is 88.1 Å². The van der Waals surface area contributed by atoms with Crippen LogP contribution in [0.25, 0.3) is 11.0 Å². The number of anilines is 2. The number of amides is 1. The van der Waals surface area contributed by atoms with Crippen molar-refractivity contribution in [3.8, 4) is 23.1 Å². The molecule has 11 rings (SSSR count). The number of sulfonamides is 1. The highest BCUT2D eigenvalue weighted by atomic mass is 32.2. The zero-order valence-electron chi connectivity index (χ0n) is 43.2. The maximum absolute atomic E-state index is 14.5. The molecule has 394 valence electrons. The Balaban J connectivity index is 0.843. The monoisotopic (exact) mass is 1030 g/mol. The molecular formula is C57H71N7O9S. The molecule has 2 aliphatic carbocycles. The Hall–Kier alpha value is -5.91. The molecule has 6 heterocycles. The van der Waals surface area contributed by atoms with Crippen LogP contribution >= 0.6 is 0 Å². The molecule has 4 aliphatic heterocycles. The van der Waals surface area contributed by atoms with E-state index in [0.29, 0.717) is 43.5 Å². The van der Waals surface area contributed by atoms with Gasteiger partial charge in [-0.3, -0.25) is 19.8 Å². The molecule has 0 bridgehead atoms. The highest BCUT2D eigenvalue weighted by Crippen LogP contribution is 2.55. The Morgan fingerprint density at radius 3 is 2.50 bits per heavy atom. The molecule has 3 atom stereocenters. The molecule has 2 saturated carbocycles. The van der Waals surface area contributed by atoms with Gasteiger partial charge in [0.05, 0.1) is 34.6 Å². The lowest BCUT2D eigenvalue weighted by Crippen LogP contribution is -2.54. The van der Waals surface area contributed by atoms with Gasteiger partial charge in [-0.05, 0) is 142 Å². The van der Waals surface area contributed by atoms with Gasteiger partial charge in [-0.25, -0.2) is 13.1 Å². The highest BCUT2D eigenvalue weighted by molar-refractivity contribution is 7.90. The number of hydrogen-bond acceptors (Lipinski definition) is 13. The first-order valence-corrected chi connectivity index (χ1v) is 28.5. The van der Waals surface area contributed by atoms with Gasteiger partial charge in [0, 0.05) is 73.2 Å². The van der Waals surface area contributed by atoms with Crippen molar-refractivity contribution in [3.05, 3.63) is 99.7 Å². The van der Waals surface area contributed by atoms with E-state index in [1.807, 2.05) is 12.1 Å². The van der Waals surface area contributed by atoms with Crippen molar-refractivity contribution in [3.63, 3.8) is 0 Å². The number of fused-ring (bicyclic) bond motifs is 2. The molecule has 1 amide bonds. The second-order valence-electron chi connectivity index (χ2n) is 23.2. The average Bonchev–Trinajstić information content (AvgIpc) is 4.07. The third kappa shape index (κ3) is 10.3. The molecule has 2 aromatic heterocycles. The van der Waals surface area contributed by atoms with Crippen molar-refractivity contribution in [2.75, 3.05) is 56.3 Å². The number of piperidine rings is 1. The zero-order valence-corrected chi connectivity index (χ0v) is 44.0. The Labute approximate surface area is 434 Å². The SMILES string of the molecule is CC(C)c1ccccc1[C@@H]1CCCN1C1CC2(CCN(c3ccc(C(=O)NS(=O)(=O)c4cc5c(c([N+](=O)[O-])c4)N[C@@H](C4CCC(C)(C)CC4)CO5)c(Oc4cc5cc[nH]c5nc4OC[C@H]4CCCOC4)c3)CC2)C1. The van der Waals surface area contributed by atoms with Gasteiger partial charge < -0.3 is 34.1 Å². The molecule has 5 fully saturated rings. The summed E-state index contributed by atoms with van der Waals surface area (Å²) >= 11 is 0. The normalized spacial score (nSPS) is 23.2. The van der Waals surface area contributed by atoms with E-state index >= 15 is 0 Å². The number of ether oxygens (including phenoxy) is 4. The van der Waals surface area contributed by atoms with Crippen molar-refractivity contribution in [1.82, 2.24) is 19.6 Å². The summed E-state index contributed by atoms with van der Waals surface area (Å²) in [6, 6.07) is 21.0. The van der Waals surface area contributed by atoms with Crippen LogP contribution in [-0.4, -0.2) is 92.3 Å². The van der Waals surface area contributed by atoms with E-state index in [9.17, 15) is 23.3 Å². The smallest absolute Gasteiger partial charge is 0.297 e. The maximum Gasteiger partial charge on any atom is 0.297 e.